The highest BCUT2D eigenvalue weighted by Crippen LogP contribution is 2.18. The molecular formula is C13H14N6S. The molecule has 102 valence electrons. The SMILES string of the molecule is Cn1nnnc1SCc1nccn1Cc1ccccc1. The van der Waals surface area contributed by atoms with Gasteiger partial charge in [-0.3, -0.25) is 0 Å². The molecule has 0 amide bonds. The smallest absolute Gasteiger partial charge is 0.209 e. The van der Waals surface area contributed by atoms with Gasteiger partial charge in [0.1, 0.15) is 5.82 Å². The maximum Gasteiger partial charge on any atom is 0.209 e. The Hall–Kier alpha value is -2.15. The largest absolute Gasteiger partial charge is 0.330 e. The molecule has 0 saturated heterocycles. The van der Waals surface area contributed by atoms with Crippen molar-refractivity contribution in [3.05, 3.63) is 54.1 Å². The predicted octanol–water partition coefficient (Wildman–Crippen LogP) is 1.75. The van der Waals surface area contributed by atoms with Crippen molar-refractivity contribution in [2.24, 2.45) is 7.05 Å². The Morgan fingerprint density at radius 3 is 2.80 bits per heavy atom. The van der Waals surface area contributed by atoms with E-state index in [1.807, 2.05) is 37.6 Å². The maximum absolute atomic E-state index is 4.41. The van der Waals surface area contributed by atoms with Crippen LogP contribution in [0.4, 0.5) is 0 Å². The van der Waals surface area contributed by atoms with Gasteiger partial charge >= 0.3 is 0 Å². The Morgan fingerprint density at radius 2 is 2.05 bits per heavy atom. The van der Waals surface area contributed by atoms with Crippen LogP contribution in [0.5, 0.6) is 0 Å². The van der Waals surface area contributed by atoms with Crippen LogP contribution in [-0.2, 0) is 19.3 Å². The van der Waals surface area contributed by atoms with Gasteiger partial charge in [-0.25, -0.2) is 9.67 Å². The molecule has 0 aliphatic heterocycles. The van der Waals surface area contributed by atoms with Crippen molar-refractivity contribution in [1.82, 2.24) is 29.8 Å². The molecular weight excluding hydrogens is 272 g/mol. The molecule has 0 spiro atoms. The van der Waals surface area contributed by atoms with E-state index in [1.54, 1.807) is 16.4 Å². The molecule has 0 N–H and O–H groups in total. The van der Waals surface area contributed by atoms with Gasteiger partial charge in [0.2, 0.25) is 5.16 Å². The number of benzene rings is 1. The summed E-state index contributed by atoms with van der Waals surface area (Å²) in [6, 6.07) is 10.3. The molecule has 0 bridgehead atoms. The molecule has 1 aromatic carbocycles. The lowest BCUT2D eigenvalue weighted by Gasteiger charge is -2.07. The molecule has 20 heavy (non-hydrogen) atoms. The van der Waals surface area contributed by atoms with Crippen LogP contribution in [0, 0.1) is 0 Å². The number of rotatable bonds is 5. The molecule has 2 aromatic heterocycles. The van der Waals surface area contributed by atoms with Crippen LogP contribution >= 0.6 is 11.8 Å². The van der Waals surface area contributed by atoms with Crippen molar-refractivity contribution in [2.45, 2.75) is 17.5 Å². The van der Waals surface area contributed by atoms with Gasteiger partial charge in [-0.1, -0.05) is 42.1 Å². The highest BCUT2D eigenvalue weighted by Gasteiger charge is 2.08. The van der Waals surface area contributed by atoms with Crippen molar-refractivity contribution in [3.8, 4) is 0 Å². The number of hydrogen-bond donors (Lipinski definition) is 0. The van der Waals surface area contributed by atoms with Gasteiger partial charge in [0.05, 0.1) is 5.75 Å². The second kappa shape index (κ2) is 5.87. The Labute approximate surface area is 120 Å². The van der Waals surface area contributed by atoms with Gasteiger partial charge in [0.25, 0.3) is 0 Å². The normalized spacial score (nSPS) is 10.8. The second-order valence-corrected chi connectivity index (χ2v) is 5.27. The number of tetrazole rings is 1. The molecule has 0 unspecified atom stereocenters. The topological polar surface area (TPSA) is 61.4 Å². The summed E-state index contributed by atoms with van der Waals surface area (Å²) in [4.78, 5) is 4.41. The van der Waals surface area contributed by atoms with Gasteiger partial charge in [0.15, 0.2) is 0 Å². The minimum absolute atomic E-state index is 0.744. The molecule has 0 saturated carbocycles. The number of nitrogens with zero attached hydrogens (tertiary/aromatic N) is 6. The average Bonchev–Trinajstić information content (AvgIpc) is 3.07. The van der Waals surface area contributed by atoms with Gasteiger partial charge < -0.3 is 4.57 Å². The van der Waals surface area contributed by atoms with Crippen LogP contribution in [0.25, 0.3) is 0 Å². The van der Waals surface area contributed by atoms with Crippen LogP contribution in [-0.4, -0.2) is 29.8 Å². The van der Waals surface area contributed by atoms with Gasteiger partial charge in [-0.05, 0) is 16.0 Å². The minimum atomic E-state index is 0.744. The second-order valence-electron chi connectivity index (χ2n) is 4.33. The molecule has 0 radical (unpaired) electrons. The molecule has 3 rings (SSSR count). The zero-order valence-corrected chi connectivity index (χ0v) is 11.9. The molecule has 2 heterocycles. The van der Waals surface area contributed by atoms with Gasteiger partial charge in [-0.15, -0.1) is 5.10 Å². The highest BCUT2D eigenvalue weighted by atomic mass is 32.2. The minimum Gasteiger partial charge on any atom is -0.330 e. The average molecular weight is 286 g/mol. The summed E-state index contributed by atoms with van der Waals surface area (Å²) in [6.45, 7) is 0.827. The molecule has 0 aliphatic rings. The van der Waals surface area contributed by atoms with Crippen LogP contribution < -0.4 is 0 Å². The third-order valence-corrected chi connectivity index (χ3v) is 3.92. The molecule has 0 aliphatic carbocycles. The van der Waals surface area contributed by atoms with Crippen molar-refractivity contribution < 1.29 is 0 Å². The monoisotopic (exact) mass is 286 g/mol. The first-order valence-corrected chi connectivity index (χ1v) is 7.20. The zero-order valence-electron chi connectivity index (χ0n) is 11.0. The third kappa shape index (κ3) is 2.88. The van der Waals surface area contributed by atoms with Gasteiger partial charge in [0, 0.05) is 26.0 Å². The molecule has 0 atom stereocenters. The van der Waals surface area contributed by atoms with E-state index in [4.69, 9.17) is 0 Å². The lowest BCUT2D eigenvalue weighted by atomic mass is 10.2. The quantitative estimate of drug-likeness (QED) is 0.669. The van der Waals surface area contributed by atoms with Crippen molar-refractivity contribution >= 4 is 11.8 Å². The van der Waals surface area contributed by atoms with E-state index in [1.165, 1.54) is 5.56 Å². The third-order valence-electron chi connectivity index (χ3n) is 2.91. The molecule has 0 fully saturated rings. The number of aryl methyl sites for hydroxylation is 1. The fraction of sp³-hybridized carbons (Fsp3) is 0.231. The van der Waals surface area contributed by atoms with E-state index in [2.05, 4.69) is 37.2 Å². The predicted molar refractivity (Wildman–Crippen MR) is 76.1 cm³/mol. The van der Waals surface area contributed by atoms with Crippen LogP contribution in [0.3, 0.4) is 0 Å². The maximum atomic E-state index is 4.41. The first kappa shape index (κ1) is 12.9. The lowest BCUT2D eigenvalue weighted by Crippen LogP contribution is -2.03. The summed E-state index contributed by atoms with van der Waals surface area (Å²) in [5.41, 5.74) is 1.26. The summed E-state index contributed by atoms with van der Waals surface area (Å²) < 4.78 is 3.81. The van der Waals surface area contributed by atoms with E-state index in [9.17, 15) is 0 Å². The lowest BCUT2D eigenvalue weighted by molar-refractivity contribution is 0.664. The van der Waals surface area contributed by atoms with E-state index < -0.39 is 0 Å². The van der Waals surface area contributed by atoms with E-state index in [-0.39, 0.29) is 0 Å². The Balaban J connectivity index is 1.69. The number of thioether (sulfide) groups is 1. The van der Waals surface area contributed by atoms with Crippen LogP contribution in [0.15, 0.2) is 47.9 Å². The number of aromatic nitrogens is 6. The Morgan fingerprint density at radius 1 is 1.20 bits per heavy atom. The van der Waals surface area contributed by atoms with Crippen LogP contribution in [0.1, 0.15) is 11.4 Å². The fourth-order valence-electron chi connectivity index (χ4n) is 1.88. The summed E-state index contributed by atoms with van der Waals surface area (Å²) in [7, 11) is 1.83. The van der Waals surface area contributed by atoms with E-state index in [0.29, 0.717) is 0 Å². The van der Waals surface area contributed by atoms with Gasteiger partial charge in [-0.2, -0.15) is 0 Å². The molecule has 7 heteroatoms. The molecule has 3 aromatic rings. The first-order valence-electron chi connectivity index (χ1n) is 6.22. The van der Waals surface area contributed by atoms with Crippen molar-refractivity contribution in [3.63, 3.8) is 0 Å². The fourth-order valence-corrected chi connectivity index (χ4v) is 2.69. The number of hydrogen-bond acceptors (Lipinski definition) is 5. The van der Waals surface area contributed by atoms with Crippen molar-refractivity contribution in [1.29, 1.82) is 0 Å². The Kier molecular flexibility index (Phi) is 3.78. The molecule has 6 nitrogen and oxygen atoms in total. The Bertz CT molecular complexity index is 675. The summed E-state index contributed by atoms with van der Waals surface area (Å²) in [5, 5.41) is 12.2. The first-order chi connectivity index (χ1) is 9.83. The number of imidazole rings is 1. The summed E-state index contributed by atoms with van der Waals surface area (Å²) in [6.07, 6.45) is 3.82. The summed E-state index contributed by atoms with van der Waals surface area (Å²) >= 11 is 1.58. The highest BCUT2D eigenvalue weighted by molar-refractivity contribution is 7.98. The van der Waals surface area contributed by atoms with Crippen LogP contribution in [0.2, 0.25) is 0 Å². The zero-order chi connectivity index (χ0) is 13.8. The standard InChI is InChI=1S/C13H14N6S/c1-18-13(15-16-17-18)20-10-12-14-7-8-19(12)9-11-5-3-2-4-6-11/h2-8H,9-10H2,1H3. The van der Waals surface area contributed by atoms with E-state index in [0.717, 1.165) is 23.3 Å². The van der Waals surface area contributed by atoms with E-state index >= 15 is 0 Å². The summed E-state index contributed by atoms with van der Waals surface area (Å²) in [5.74, 6) is 1.76. The van der Waals surface area contributed by atoms with Crippen molar-refractivity contribution in [2.75, 3.05) is 0 Å².